The highest BCUT2D eigenvalue weighted by Gasteiger charge is 2.35. The third kappa shape index (κ3) is 3.59. The third-order valence-electron chi connectivity index (χ3n) is 5.60. The summed E-state index contributed by atoms with van der Waals surface area (Å²) in [6, 6.07) is 12.2. The number of hydrogen-bond donors (Lipinski definition) is 1. The van der Waals surface area contributed by atoms with Gasteiger partial charge in [0.1, 0.15) is 11.4 Å². The third-order valence-corrected chi connectivity index (χ3v) is 6.09. The molecule has 1 aliphatic heterocycles. The van der Waals surface area contributed by atoms with Gasteiger partial charge in [-0.05, 0) is 55.7 Å². The molecule has 4 rings (SSSR count). The number of aryl methyl sites for hydroxylation is 1. The molecule has 3 aromatic rings. The van der Waals surface area contributed by atoms with E-state index in [1.807, 2.05) is 25.1 Å². The largest absolute Gasteiger partial charge is 0.451 e. The smallest absolute Gasteiger partial charge is 0.287 e. The van der Waals surface area contributed by atoms with Gasteiger partial charge in [0.25, 0.3) is 5.91 Å². The lowest BCUT2D eigenvalue weighted by atomic mass is 9.74. The highest BCUT2D eigenvalue weighted by atomic mass is 79.9. The molecule has 0 spiro atoms. The predicted octanol–water partition coefficient (Wildman–Crippen LogP) is 5.12. The van der Waals surface area contributed by atoms with Crippen molar-refractivity contribution in [1.82, 2.24) is 5.32 Å². The maximum absolute atomic E-state index is 13.4. The molecule has 0 bridgehead atoms. The van der Waals surface area contributed by atoms with Crippen molar-refractivity contribution in [1.29, 1.82) is 0 Å². The minimum Gasteiger partial charge on any atom is -0.451 e. The lowest BCUT2D eigenvalue weighted by Crippen LogP contribution is -2.44. The molecule has 6 heteroatoms. The highest BCUT2D eigenvalue weighted by molar-refractivity contribution is 9.10. The molecular weight excluding hydrogens is 425 g/mol. The molecule has 1 aromatic heterocycles. The Morgan fingerprint density at radius 3 is 2.61 bits per heavy atom. The lowest BCUT2D eigenvalue weighted by molar-refractivity contribution is 0.0484. The number of rotatable bonds is 4. The van der Waals surface area contributed by atoms with Crippen molar-refractivity contribution < 1.29 is 18.3 Å². The van der Waals surface area contributed by atoms with Gasteiger partial charge >= 0.3 is 0 Å². The Labute approximate surface area is 171 Å². The van der Waals surface area contributed by atoms with Gasteiger partial charge in [0.2, 0.25) is 0 Å². The Bertz CT molecular complexity index is 1010. The second-order valence-electron chi connectivity index (χ2n) is 7.28. The Kier molecular flexibility index (Phi) is 5.25. The van der Waals surface area contributed by atoms with Crippen LogP contribution < -0.4 is 5.32 Å². The first-order chi connectivity index (χ1) is 13.5. The lowest BCUT2D eigenvalue weighted by Gasteiger charge is -2.37. The summed E-state index contributed by atoms with van der Waals surface area (Å²) in [6.45, 7) is 3.56. The molecule has 1 aliphatic rings. The van der Waals surface area contributed by atoms with E-state index in [4.69, 9.17) is 9.15 Å². The van der Waals surface area contributed by atoms with Gasteiger partial charge in [-0.1, -0.05) is 28.1 Å². The van der Waals surface area contributed by atoms with Crippen LogP contribution in [0, 0.1) is 12.7 Å². The van der Waals surface area contributed by atoms with Crippen LogP contribution in [0.3, 0.4) is 0 Å². The van der Waals surface area contributed by atoms with Gasteiger partial charge in [-0.25, -0.2) is 4.39 Å². The number of hydrogen-bond acceptors (Lipinski definition) is 3. The van der Waals surface area contributed by atoms with Crippen molar-refractivity contribution >= 4 is 32.8 Å². The van der Waals surface area contributed by atoms with E-state index in [0.717, 1.165) is 33.8 Å². The van der Waals surface area contributed by atoms with Crippen LogP contribution in [0.2, 0.25) is 0 Å². The second-order valence-corrected chi connectivity index (χ2v) is 8.19. The van der Waals surface area contributed by atoms with E-state index in [9.17, 15) is 9.18 Å². The summed E-state index contributed by atoms with van der Waals surface area (Å²) in [5.41, 5.74) is 2.24. The standard InChI is InChI=1S/C22H21BrFNO3/c1-14-18-12-16(23)4-7-19(18)28-20(14)21(26)25-13-22(8-10-27-11-9-22)15-2-5-17(24)6-3-15/h2-7,12H,8-11,13H2,1H3,(H,25,26). The predicted molar refractivity (Wildman–Crippen MR) is 109 cm³/mol. The van der Waals surface area contributed by atoms with Crippen molar-refractivity contribution in [3.05, 3.63) is 69.6 Å². The highest BCUT2D eigenvalue weighted by Crippen LogP contribution is 2.35. The van der Waals surface area contributed by atoms with E-state index in [1.54, 1.807) is 12.1 Å². The fourth-order valence-electron chi connectivity index (χ4n) is 3.87. The Morgan fingerprint density at radius 2 is 1.89 bits per heavy atom. The topological polar surface area (TPSA) is 51.5 Å². The number of halogens is 2. The van der Waals surface area contributed by atoms with Gasteiger partial charge < -0.3 is 14.5 Å². The molecule has 146 valence electrons. The van der Waals surface area contributed by atoms with E-state index in [1.165, 1.54) is 12.1 Å². The first kappa shape index (κ1) is 19.2. The Morgan fingerprint density at radius 1 is 1.18 bits per heavy atom. The number of amides is 1. The maximum atomic E-state index is 13.4. The van der Waals surface area contributed by atoms with Crippen LogP contribution in [0.4, 0.5) is 4.39 Å². The molecule has 2 aromatic carbocycles. The zero-order valence-corrected chi connectivity index (χ0v) is 17.1. The van der Waals surface area contributed by atoms with E-state index < -0.39 is 0 Å². The Hall–Kier alpha value is -2.18. The zero-order valence-electron chi connectivity index (χ0n) is 15.6. The molecule has 4 nitrogen and oxygen atoms in total. The zero-order chi connectivity index (χ0) is 19.7. The number of ether oxygens (including phenoxy) is 1. The number of nitrogens with one attached hydrogen (secondary N) is 1. The Balaban J connectivity index is 1.58. The fourth-order valence-corrected chi connectivity index (χ4v) is 4.23. The molecule has 0 unspecified atom stereocenters. The molecule has 1 saturated heterocycles. The molecule has 0 saturated carbocycles. The van der Waals surface area contributed by atoms with Crippen LogP contribution in [0.1, 0.15) is 34.5 Å². The number of fused-ring (bicyclic) bond motifs is 1. The van der Waals surface area contributed by atoms with Gasteiger partial charge in [0.05, 0.1) is 0 Å². The summed E-state index contributed by atoms with van der Waals surface area (Å²) in [4.78, 5) is 12.9. The molecule has 0 atom stereocenters. The monoisotopic (exact) mass is 445 g/mol. The van der Waals surface area contributed by atoms with Gasteiger partial charge in [0.15, 0.2) is 5.76 Å². The van der Waals surface area contributed by atoms with Crippen LogP contribution in [0.25, 0.3) is 11.0 Å². The van der Waals surface area contributed by atoms with Crippen LogP contribution in [0.5, 0.6) is 0 Å². The molecule has 0 radical (unpaired) electrons. The van der Waals surface area contributed by atoms with Crippen LogP contribution in [0.15, 0.2) is 51.4 Å². The summed E-state index contributed by atoms with van der Waals surface area (Å²) >= 11 is 3.45. The minimum atomic E-state index is -0.273. The quantitative estimate of drug-likeness (QED) is 0.605. The molecule has 1 amide bonds. The second kappa shape index (κ2) is 7.68. The summed E-state index contributed by atoms with van der Waals surface area (Å²) in [5.74, 6) is -0.175. The van der Waals surface area contributed by atoms with Gasteiger partial charge in [-0.2, -0.15) is 0 Å². The van der Waals surface area contributed by atoms with Gasteiger partial charge in [0, 0.05) is 40.6 Å². The fraction of sp³-hybridized carbons (Fsp3) is 0.318. The van der Waals surface area contributed by atoms with Crippen molar-refractivity contribution in [2.45, 2.75) is 25.2 Å². The molecule has 1 fully saturated rings. The summed E-state index contributed by atoms with van der Waals surface area (Å²) in [6.07, 6.45) is 1.54. The minimum absolute atomic E-state index is 0.238. The van der Waals surface area contributed by atoms with E-state index in [-0.39, 0.29) is 17.1 Å². The van der Waals surface area contributed by atoms with E-state index >= 15 is 0 Å². The summed E-state index contributed by atoms with van der Waals surface area (Å²) in [7, 11) is 0. The average molecular weight is 446 g/mol. The van der Waals surface area contributed by atoms with Gasteiger partial charge in [-0.15, -0.1) is 0 Å². The summed E-state index contributed by atoms with van der Waals surface area (Å²) in [5, 5.41) is 3.96. The number of furan rings is 1. The molecule has 1 N–H and O–H groups in total. The van der Waals surface area contributed by atoms with Crippen LogP contribution in [-0.4, -0.2) is 25.7 Å². The van der Waals surface area contributed by atoms with Crippen LogP contribution >= 0.6 is 15.9 Å². The first-order valence-electron chi connectivity index (χ1n) is 9.29. The van der Waals surface area contributed by atoms with Crippen LogP contribution in [-0.2, 0) is 10.2 Å². The van der Waals surface area contributed by atoms with Crippen molar-refractivity contribution in [3.63, 3.8) is 0 Å². The normalized spacial score (nSPS) is 16.2. The SMILES string of the molecule is Cc1c(C(=O)NCC2(c3ccc(F)cc3)CCOCC2)oc2ccc(Br)cc12. The van der Waals surface area contributed by atoms with E-state index in [2.05, 4.69) is 21.2 Å². The number of carbonyl (C=O) groups excluding carboxylic acids is 1. The molecule has 0 aliphatic carbocycles. The average Bonchev–Trinajstić information content (AvgIpc) is 3.03. The molecule has 2 heterocycles. The molecule has 28 heavy (non-hydrogen) atoms. The van der Waals surface area contributed by atoms with Crippen molar-refractivity contribution in [2.24, 2.45) is 0 Å². The van der Waals surface area contributed by atoms with Crippen molar-refractivity contribution in [3.8, 4) is 0 Å². The first-order valence-corrected chi connectivity index (χ1v) is 10.1. The van der Waals surface area contributed by atoms with Gasteiger partial charge in [-0.3, -0.25) is 4.79 Å². The number of carbonyl (C=O) groups is 1. The summed E-state index contributed by atoms with van der Waals surface area (Å²) < 4.78 is 25.6. The van der Waals surface area contributed by atoms with E-state index in [0.29, 0.717) is 31.1 Å². The molecular formula is C22H21BrFNO3. The van der Waals surface area contributed by atoms with Crippen molar-refractivity contribution in [2.75, 3.05) is 19.8 Å². The number of benzene rings is 2. The maximum Gasteiger partial charge on any atom is 0.287 e.